The molecule has 0 aliphatic rings. The molecule has 0 unspecified atom stereocenters. The Balaban J connectivity index is 3.22. The van der Waals surface area contributed by atoms with E-state index in [1.165, 1.54) is 5.32 Å². The number of aromatic amines is 1. The molecule has 12 heavy (non-hydrogen) atoms. The molecule has 1 heterocycles. The maximum absolute atomic E-state index is 8.68. The van der Waals surface area contributed by atoms with Crippen LogP contribution >= 0.6 is 0 Å². The Morgan fingerprint density at radius 3 is 2.25 bits per heavy atom. The zero-order chi connectivity index (χ0) is 9.35. The lowest BCUT2D eigenvalue weighted by molar-refractivity contribution is 1.08. The second-order valence-electron chi connectivity index (χ2n) is 3.93. The van der Waals surface area contributed by atoms with Crippen LogP contribution in [0.3, 0.4) is 0 Å². The molecule has 0 saturated carbocycles. The fourth-order valence-corrected chi connectivity index (χ4v) is 2.87. The van der Waals surface area contributed by atoms with Gasteiger partial charge in [0.25, 0.3) is 0 Å². The molecule has 0 aliphatic carbocycles. The Morgan fingerprint density at radius 1 is 1.42 bits per heavy atom. The summed E-state index contributed by atoms with van der Waals surface area (Å²) >= 11 is 0. The SMILES string of the molecule is Cc1c(C#N)n[nH]c1[Si](C)(C)C. The lowest BCUT2D eigenvalue weighted by Gasteiger charge is -2.13. The summed E-state index contributed by atoms with van der Waals surface area (Å²) in [6.07, 6.45) is 0. The van der Waals surface area contributed by atoms with E-state index in [1.807, 2.05) is 6.92 Å². The smallest absolute Gasteiger partial charge is 0.164 e. The number of rotatable bonds is 1. The van der Waals surface area contributed by atoms with Crippen LogP contribution in [-0.2, 0) is 0 Å². The Hall–Kier alpha value is -1.08. The van der Waals surface area contributed by atoms with Gasteiger partial charge >= 0.3 is 0 Å². The molecule has 0 amide bonds. The summed E-state index contributed by atoms with van der Waals surface area (Å²) in [5.41, 5.74) is 1.56. The molecule has 0 fully saturated rings. The summed E-state index contributed by atoms with van der Waals surface area (Å²) in [4.78, 5) is 0. The first kappa shape index (κ1) is 9.01. The lowest BCUT2D eigenvalue weighted by Crippen LogP contribution is -2.40. The second-order valence-corrected chi connectivity index (χ2v) is 8.93. The van der Waals surface area contributed by atoms with Crippen LogP contribution in [-0.4, -0.2) is 18.3 Å². The fourth-order valence-electron chi connectivity index (χ4n) is 1.24. The van der Waals surface area contributed by atoms with Gasteiger partial charge in [0.1, 0.15) is 14.1 Å². The van der Waals surface area contributed by atoms with Crippen molar-refractivity contribution >= 4 is 13.4 Å². The van der Waals surface area contributed by atoms with Gasteiger partial charge in [-0.05, 0) is 6.92 Å². The first-order valence-electron chi connectivity index (χ1n) is 3.92. The molecule has 4 heteroatoms. The number of H-pyrrole nitrogens is 1. The van der Waals surface area contributed by atoms with E-state index >= 15 is 0 Å². The molecule has 1 N–H and O–H groups in total. The third kappa shape index (κ3) is 1.41. The van der Waals surface area contributed by atoms with E-state index in [0.29, 0.717) is 5.69 Å². The second kappa shape index (κ2) is 2.76. The molecule has 0 saturated heterocycles. The maximum Gasteiger partial charge on any atom is 0.164 e. The average Bonchev–Trinajstić information content (AvgIpc) is 2.29. The van der Waals surface area contributed by atoms with E-state index in [0.717, 1.165) is 5.56 Å². The number of hydrogen-bond acceptors (Lipinski definition) is 2. The number of aromatic nitrogens is 2. The summed E-state index contributed by atoms with van der Waals surface area (Å²) in [5, 5.41) is 16.8. The minimum atomic E-state index is -1.34. The topological polar surface area (TPSA) is 52.5 Å². The molecule has 0 atom stereocenters. The van der Waals surface area contributed by atoms with Crippen LogP contribution in [0.25, 0.3) is 0 Å². The molecule has 0 aromatic carbocycles. The van der Waals surface area contributed by atoms with Gasteiger partial charge < -0.3 is 0 Å². The van der Waals surface area contributed by atoms with Gasteiger partial charge in [-0.25, -0.2) is 0 Å². The summed E-state index contributed by atoms with van der Waals surface area (Å²) in [6.45, 7) is 8.65. The Morgan fingerprint density at radius 2 is 2.00 bits per heavy atom. The van der Waals surface area contributed by atoms with Crippen molar-refractivity contribution in [3.8, 4) is 6.07 Å². The van der Waals surface area contributed by atoms with E-state index in [-0.39, 0.29) is 0 Å². The van der Waals surface area contributed by atoms with Crippen molar-refractivity contribution in [2.75, 3.05) is 0 Å². The largest absolute Gasteiger partial charge is 0.285 e. The first-order valence-corrected chi connectivity index (χ1v) is 7.42. The molecule has 0 bridgehead atoms. The van der Waals surface area contributed by atoms with Crippen molar-refractivity contribution in [2.24, 2.45) is 0 Å². The lowest BCUT2D eigenvalue weighted by atomic mass is 10.3. The van der Waals surface area contributed by atoms with E-state index in [4.69, 9.17) is 5.26 Å². The average molecular weight is 179 g/mol. The van der Waals surface area contributed by atoms with Crippen molar-refractivity contribution < 1.29 is 0 Å². The van der Waals surface area contributed by atoms with Crippen LogP contribution in [0, 0.1) is 18.3 Å². The third-order valence-electron chi connectivity index (χ3n) is 1.87. The molecular weight excluding hydrogens is 166 g/mol. The summed E-state index contributed by atoms with van der Waals surface area (Å²) in [6, 6.07) is 2.07. The molecule has 64 valence electrons. The van der Waals surface area contributed by atoms with Crippen molar-refractivity contribution in [1.29, 1.82) is 5.26 Å². The van der Waals surface area contributed by atoms with E-state index in [9.17, 15) is 0 Å². The molecule has 1 aromatic rings. The van der Waals surface area contributed by atoms with E-state index < -0.39 is 8.07 Å². The Labute approximate surface area is 73.4 Å². The van der Waals surface area contributed by atoms with Gasteiger partial charge in [0.15, 0.2) is 5.69 Å². The zero-order valence-electron chi connectivity index (χ0n) is 7.89. The van der Waals surface area contributed by atoms with E-state index in [1.54, 1.807) is 0 Å². The monoisotopic (exact) mass is 179 g/mol. The molecular formula is C8H13N3Si. The highest BCUT2D eigenvalue weighted by Crippen LogP contribution is 2.06. The van der Waals surface area contributed by atoms with Crippen molar-refractivity contribution in [1.82, 2.24) is 10.2 Å². The number of hydrogen-bond donors (Lipinski definition) is 1. The van der Waals surface area contributed by atoms with Crippen LogP contribution in [0.15, 0.2) is 0 Å². The predicted octanol–water partition coefficient (Wildman–Crippen LogP) is 1.13. The number of nitrogens with one attached hydrogen (secondary N) is 1. The summed E-state index contributed by atoms with van der Waals surface area (Å²) in [7, 11) is -1.34. The Bertz CT molecular complexity index is 327. The zero-order valence-corrected chi connectivity index (χ0v) is 8.89. The van der Waals surface area contributed by atoms with E-state index in [2.05, 4.69) is 35.9 Å². The van der Waals surface area contributed by atoms with Crippen LogP contribution in [0.2, 0.25) is 19.6 Å². The Kier molecular flexibility index (Phi) is 2.07. The minimum absolute atomic E-state index is 0.535. The van der Waals surface area contributed by atoms with Gasteiger partial charge in [0, 0.05) is 10.9 Å². The number of nitrogens with zero attached hydrogens (tertiary/aromatic N) is 2. The van der Waals surface area contributed by atoms with Crippen LogP contribution in [0.1, 0.15) is 11.3 Å². The minimum Gasteiger partial charge on any atom is -0.285 e. The van der Waals surface area contributed by atoms with Gasteiger partial charge in [-0.1, -0.05) is 19.6 Å². The van der Waals surface area contributed by atoms with Crippen molar-refractivity contribution in [3.63, 3.8) is 0 Å². The van der Waals surface area contributed by atoms with Crippen molar-refractivity contribution in [3.05, 3.63) is 11.3 Å². The van der Waals surface area contributed by atoms with Crippen molar-refractivity contribution in [2.45, 2.75) is 26.6 Å². The highest BCUT2D eigenvalue weighted by Gasteiger charge is 2.22. The van der Waals surface area contributed by atoms with Crippen LogP contribution in [0.5, 0.6) is 0 Å². The molecule has 0 radical (unpaired) electrons. The highest BCUT2D eigenvalue weighted by atomic mass is 28.3. The highest BCUT2D eigenvalue weighted by molar-refractivity contribution is 6.88. The molecule has 1 aromatic heterocycles. The number of nitriles is 1. The standard InChI is InChI=1S/C8H13N3Si/c1-6-7(5-9)10-11-8(6)12(2,3)4/h1-4H3,(H,10,11). The third-order valence-corrected chi connectivity index (χ3v) is 3.85. The van der Waals surface area contributed by atoms with Gasteiger partial charge in [0.2, 0.25) is 0 Å². The summed E-state index contributed by atoms with van der Waals surface area (Å²) in [5.74, 6) is 0. The fraction of sp³-hybridized carbons (Fsp3) is 0.500. The first-order chi connectivity index (χ1) is 5.46. The molecule has 3 nitrogen and oxygen atoms in total. The van der Waals surface area contributed by atoms with Gasteiger partial charge in [-0.3, -0.25) is 5.10 Å². The predicted molar refractivity (Wildman–Crippen MR) is 51.0 cm³/mol. The maximum atomic E-state index is 8.68. The van der Waals surface area contributed by atoms with Gasteiger partial charge in [-0.2, -0.15) is 10.4 Å². The normalized spacial score (nSPS) is 11.2. The van der Waals surface area contributed by atoms with Gasteiger partial charge in [0.05, 0.1) is 0 Å². The quantitative estimate of drug-likeness (QED) is 0.657. The molecule has 1 rings (SSSR count). The molecule has 0 aliphatic heterocycles. The van der Waals surface area contributed by atoms with Gasteiger partial charge in [-0.15, -0.1) is 0 Å². The summed E-state index contributed by atoms with van der Waals surface area (Å²) < 4.78 is 0. The van der Waals surface area contributed by atoms with Crippen LogP contribution in [0.4, 0.5) is 0 Å². The molecule has 0 spiro atoms. The van der Waals surface area contributed by atoms with Crippen LogP contribution < -0.4 is 5.32 Å².